The lowest BCUT2D eigenvalue weighted by Crippen LogP contribution is -2.26. The highest BCUT2D eigenvalue weighted by Crippen LogP contribution is 2.15. The Labute approximate surface area is 113 Å². The third-order valence-corrected chi connectivity index (χ3v) is 2.67. The molecular weight excluding hydrogens is 302 g/mol. The van der Waals surface area contributed by atoms with Crippen molar-refractivity contribution in [3.8, 4) is 0 Å². The molecule has 0 atom stereocenters. The third-order valence-electron chi connectivity index (χ3n) is 2.24. The first-order chi connectivity index (χ1) is 8.49. The Bertz CT molecular complexity index is 453. The van der Waals surface area contributed by atoms with Gasteiger partial charge < -0.3 is 14.4 Å². The van der Waals surface area contributed by atoms with Crippen LogP contribution in [-0.2, 0) is 9.59 Å². The van der Waals surface area contributed by atoms with E-state index in [1.165, 1.54) is 11.0 Å². The Balaban J connectivity index is 2.39. The summed E-state index contributed by atoms with van der Waals surface area (Å²) in [5, 5.41) is 8.49. The number of amides is 1. The second kappa shape index (κ2) is 7.00. The standard InChI is InChI=1S/C12H14BrNO4/c1-14(8-2-3-12(16)17)11(15)7-5-9-4-6-10(13)18-9/h4-7H,2-3,8H2,1H3,(H,16,17)/b7-5+. The van der Waals surface area contributed by atoms with Gasteiger partial charge in [0, 0.05) is 26.1 Å². The highest BCUT2D eigenvalue weighted by atomic mass is 79.9. The minimum Gasteiger partial charge on any atom is -0.481 e. The van der Waals surface area contributed by atoms with E-state index >= 15 is 0 Å². The Morgan fingerprint density at radius 3 is 2.78 bits per heavy atom. The molecule has 1 amide bonds. The fraction of sp³-hybridized carbons (Fsp3) is 0.333. The van der Waals surface area contributed by atoms with Crippen molar-refractivity contribution in [2.24, 2.45) is 0 Å². The lowest BCUT2D eigenvalue weighted by molar-refractivity contribution is -0.137. The van der Waals surface area contributed by atoms with Gasteiger partial charge in [0.2, 0.25) is 5.91 Å². The molecule has 1 aromatic heterocycles. The topological polar surface area (TPSA) is 70.8 Å². The fourth-order valence-corrected chi connectivity index (χ4v) is 1.60. The van der Waals surface area contributed by atoms with E-state index in [1.54, 1.807) is 25.3 Å². The maximum atomic E-state index is 11.6. The van der Waals surface area contributed by atoms with Gasteiger partial charge in [-0.2, -0.15) is 0 Å². The number of halogens is 1. The first-order valence-corrected chi connectivity index (χ1v) is 6.18. The SMILES string of the molecule is CN(CCCC(=O)O)C(=O)/C=C/c1ccc(Br)o1. The van der Waals surface area contributed by atoms with Crippen molar-refractivity contribution < 1.29 is 19.1 Å². The molecule has 0 bridgehead atoms. The van der Waals surface area contributed by atoms with E-state index in [-0.39, 0.29) is 12.3 Å². The van der Waals surface area contributed by atoms with Crippen molar-refractivity contribution in [1.82, 2.24) is 4.90 Å². The van der Waals surface area contributed by atoms with Crippen LogP contribution in [0.15, 0.2) is 27.3 Å². The van der Waals surface area contributed by atoms with Crippen LogP contribution in [0.2, 0.25) is 0 Å². The van der Waals surface area contributed by atoms with Gasteiger partial charge in [-0.3, -0.25) is 9.59 Å². The van der Waals surface area contributed by atoms with Gasteiger partial charge in [0.25, 0.3) is 0 Å². The molecule has 1 N–H and O–H groups in total. The number of likely N-dealkylation sites (N-methyl/N-ethyl adjacent to an activating group) is 1. The monoisotopic (exact) mass is 315 g/mol. The molecule has 0 saturated carbocycles. The number of hydrogen-bond donors (Lipinski definition) is 1. The van der Waals surface area contributed by atoms with Crippen LogP contribution < -0.4 is 0 Å². The molecule has 0 aliphatic carbocycles. The molecule has 1 rings (SSSR count). The zero-order valence-electron chi connectivity index (χ0n) is 9.93. The van der Waals surface area contributed by atoms with Gasteiger partial charge in [-0.15, -0.1) is 0 Å². The van der Waals surface area contributed by atoms with Gasteiger partial charge in [0.15, 0.2) is 4.67 Å². The fourth-order valence-electron chi connectivity index (χ4n) is 1.28. The zero-order valence-corrected chi connectivity index (χ0v) is 11.5. The molecule has 0 unspecified atom stereocenters. The number of rotatable bonds is 6. The lowest BCUT2D eigenvalue weighted by atomic mass is 10.3. The van der Waals surface area contributed by atoms with E-state index in [1.807, 2.05) is 0 Å². The van der Waals surface area contributed by atoms with E-state index in [9.17, 15) is 9.59 Å². The predicted molar refractivity (Wildman–Crippen MR) is 69.9 cm³/mol. The van der Waals surface area contributed by atoms with Crippen LogP contribution in [-0.4, -0.2) is 35.5 Å². The molecule has 0 radical (unpaired) electrons. The van der Waals surface area contributed by atoms with Crippen LogP contribution in [0.4, 0.5) is 0 Å². The lowest BCUT2D eigenvalue weighted by Gasteiger charge is -2.13. The van der Waals surface area contributed by atoms with Gasteiger partial charge in [0.1, 0.15) is 5.76 Å². The van der Waals surface area contributed by atoms with Gasteiger partial charge in [-0.1, -0.05) is 0 Å². The van der Waals surface area contributed by atoms with E-state index in [0.717, 1.165) is 0 Å². The van der Waals surface area contributed by atoms with Gasteiger partial charge in [-0.25, -0.2) is 0 Å². The van der Waals surface area contributed by atoms with Crippen molar-refractivity contribution in [2.45, 2.75) is 12.8 Å². The molecule has 0 saturated heterocycles. The average molecular weight is 316 g/mol. The molecule has 18 heavy (non-hydrogen) atoms. The summed E-state index contributed by atoms with van der Waals surface area (Å²) >= 11 is 3.16. The quantitative estimate of drug-likeness (QED) is 0.818. The normalized spacial score (nSPS) is 10.8. The number of furan rings is 1. The van der Waals surface area contributed by atoms with Crippen LogP contribution in [0.25, 0.3) is 6.08 Å². The molecule has 5 nitrogen and oxygen atoms in total. The average Bonchev–Trinajstić information content (AvgIpc) is 2.71. The summed E-state index contributed by atoms with van der Waals surface area (Å²) in [7, 11) is 1.63. The second-order valence-electron chi connectivity index (χ2n) is 3.73. The van der Waals surface area contributed by atoms with Gasteiger partial charge >= 0.3 is 5.97 Å². The molecule has 0 aliphatic heterocycles. The predicted octanol–water partition coefficient (Wildman–Crippen LogP) is 2.38. The smallest absolute Gasteiger partial charge is 0.303 e. The van der Waals surface area contributed by atoms with Crippen LogP contribution in [0.1, 0.15) is 18.6 Å². The Morgan fingerprint density at radius 2 is 2.22 bits per heavy atom. The van der Waals surface area contributed by atoms with Crippen molar-refractivity contribution in [3.63, 3.8) is 0 Å². The van der Waals surface area contributed by atoms with E-state index in [4.69, 9.17) is 9.52 Å². The Hall–Kier alpha value is -1.56. The minimum absolute atomic E-state index is 0.0620. The molecular formula is C12H14BrNO4. The highest BCUT2D eigenvalue weighted by molar-refractivity contribution is 9.10. The Morgan fingerprint density at radius 1 is 1.50 bits per heavy atom. The molecule has 1 heterocycles. The van der Waals surface area contributed by atoms with E-state index in [0.29, 0.717) is 23.4 Å². The van der Waals surface area contributed by atoms with Crippen molar-refractivity contribution in [1.29, 1.82) is 0 Å². The zero-order chi connectivity index (χ0) is 13.5. The first-order valence-electron chi connectivity index (χ1n) is 5.39. The Kier molecular flexibility index (Phi) is 5.64. The van der Waals surface area contributed by atoms with Gasteiger partial charge in [-0.05, 0) is 40.6 Å². The molecule has 0 aromatic carbocycles. The molecule has 98 valence electrons. The first kappa shape index (κ1) is 14.5. The van der Waals surface area contributed by atoms with Gasteiger partial charge in [0.05, 0.1) is 0 Å². The number of carbonyl (C=O) groups is 2. The molecule has 0 aliphatic rings. The van der Waals surface area contributed by atoms with Crippen LogP contribution in [0.3, 0.4) is 0 Å². The summed E-state index contributed by atoms with van der Waals surface area (Å²) in [6, 6.07) is 3.47. The van der Waals surface area contributed by atoms with Crippen LogP contribution in [0.5, 0.6) is 0 Å². The van der Waals surface area contributed by atoms with E-state index in [2.05, 4.69) is 15.9 Å². The summed E-state index contributed by atoms with van der Waals surface area (Å²) in [5.41, 5.74) is 0. The van der Waals surface area contributed by atoms with Crippen LogP contribution >= 0.6 is 15.9 Å². The van der Waals surface area contributed by atoms with E-state index < -0.39 is 5.97 Å². The molecule has 0 fully saturated rings. The maximum absolute atomic E-state index is 11.6. The number of nitrogens with zero attached hydrogens (tertiary/aromatic N) is 1. The number of carboxylic acid groups (broad SMARTS) is 1. The highest BCUT2D eigenvalue weighted by Gasteiger charge is 2.06. The number of aliphatic carboxylic acids is 1. The summed E-state index contributed by atoms with van der Waals surface area (Å²) < 4.78 is 5.81. The summed E-state index contributed by atoms with van der Waals surface area (Å²) in [4.78, 5) is 23.4. The largest absolute Gasteiger partial charge is 0.481 e. The van der Waals surface area contributed by atoms with Crippen molar-refractivity contribution in [2.75, 3.05) is 13.6 Å². The second-order valence-corrected chi connectivity index (χ2v) is 4.51. The molecule has 0 spiro atoms. The molecule has 6 heteroatoms. The number of hydrogen-bond acceptors (Lipinski definition) is 3. The van der Waals surface area contributed by atoms with Crippen LogP contribution in [0, 0.1) is 0 Å². The number of carbonyl (C=O) groups excluding carboxylic acids is 1. The third kappa shape index (κ3) is 5.18. The number of carboxylic acids is 1. The minimum atomic E-state index is -0.855. The van der Waals surface area contributed by atoms with Crippen molar-refractivity contribution in [3.05, 3.63) is 28.6 Å². The maximum Gasteiger partial charge on any atom is 0.303 e. The summed E-state index contributed by atoms with van der Waals surface area (Å²) in [6.07, 6.45) is 3.47. The summed E-state index contributed by atoms with van der Waals surface area (Å²) in [6.45, 7) is 0.414. The van der Waals surface area contributed by atoms with Crippen molar-refractivity contribution >= 4 is 33.9 Å². The summed E-state index contributed by atoms with van der Waals surface area (Å²) in [5.74, 6) is -0.464. The molecule has 1 aromatic rings.